The summed E-state index contributed by atoms with van der Waals surface area (Å²) in [5, 5.41) is 2.81. The number of hydrogen-bond acceptors (Lipinski definition) is 7. The summed E-state index contributed by atoms with van der Waals surface area (Å²) in [5.74, 6) is -0.835. The van der Waals surface area contributed by atoms with Crippen LogP contribution in [0.3, 0.4) is 0 Å². The van der Waals surface area contributed by atoms with Gasteiger partial charge in [-0.2, -0.15) is 13.1 Å². The molecular formula is C20H20N4O4S2. The Balaban J connectivity index is 1.53. The van der Waals surface area contributed by atoms with Crippen molar-refractivity contribution in [3.63, 3.8) is 0 Å². The zero-order valence-electron chi connectivity index (χ0n) is 16.2. The normalized spacial score (nSPS) is 17.7. The van der Waals surface area contributed by atoms with Crippen molar-refractivity contribution in [2.45, 2.75) is 24.7 Å². The van der Waals surface area contributed by atoms with E-state index < -0.39 is 15.9 Å². The molecule has 0 saturated carbocycles. The molecular weight excluding hydrogens is 424 g/mol. The lowest BCUT2D eigenvalue weighted by molar-refractivity contribution is -0.120. The monoisotopic (exact) mass is 444 g/mol. The SMILES string of the molecule is CC(=O)c1cccc(NC(=O)C2CCCN(S(=O)(=O)c3cccc4nsnc34)C2)c1. The second-order valence-corrected chi connectivity index (χ2v) is 9.65. The van der Waals surface area contributed by atoms with Crippen molar-refractivity contribution in [2.75, 3.05) is 18.4 Å². The number of anilines is 1. The number of Topliss-reactive ketones (excluding diaryl/α,β-unsaturated/α-hetero) is 1. The van der Waals surface area contributed by atoms with Crippen molar-refractivity contribution in [1.29, 1.82) is 0 Å². The van der Waals surface area contributed by atoms with Crippen LogP contribution in [0.5, 0.6) is 0 Å². The fourth-order valence-corrected chi connectivity index (χ4v) is 5.84. The van der Waals surface area contributed by atoms with Crippen LogP contribution >= 0.6 is 11.7 Å². The first-order chi connectivity index (χ1) is 14.4. The van der Waals surface area contributed by atoms with Crippen LogP contribution in [0.15, 0.2) is 47.4 Å². The number of hydrogen-bond donors (Lipinski definition) is 1. The molecule has 2 aromatic carbocycles. The van der Waals surface area contributed by atoms with Crippen LogP contribution < -0.4 is 5.32 Å². The quantitative estimate of drug-likeness (QED) is 0.606. The molecule has 156 valence electrons. The summed E-state index contributed by atoms with van der Waals surface area (Å²) in [6, 6.07) is 11.6. The molecule has 0 bridgehead atoms. The fourth-order valence-electron chi connectivity index (χ4n) is 3.56. The Hall–Kier alpha value is -2.69. The Kier molecular flexibility index (Phi) is 5.63. The summed E-state index contributed by atoms with van der Waals surface area (Å²) >= 11 is 0.969. The number of carbonyl (C=O) groups excluding carboxylic acids is 2. The van der Waals surface area contributed by atoms with Crippen molar-refractivity contribution in [3.05, 3.63) is 48.0 Å². The molecule has 30 heavy (non-hydrogen) atoms. The number of ketones is 1. The minimum Gasteiger partial charge on any atom is -0.326 e. The van der Waals surface area contributed by atoms with Gasteiger partial charge < -0.3 is 5.32 Å². The summed E-state index contributed by atoms with van der Waals surface area (Å²) in [5.41, 5.74) is 1.92. The number of nitrogens with zero attached hydrogens (tertiary/aromatic N) is 3. The summed E-state index contributed by atoms with van der Waals surface area (Å²) in [6.45, 7) is 1.90. The third-order valence-electron chi connectivity index (χ3n) is 5.16. The Morgan fingerprint density at radius 1 is 1.17 bits per heavy atom. The van der Waals surface area contributed by atoms with E-state index in [2.05, 4.69) is 14.1 Å². The number of sulfonamides is 1. The van der Waals surface area contributed by atoms with Gasteiger partial charge in [0, 0.05) is 24.3 Å². The van der Waals surface area contributed by atoms with Gasteiger partial charge >= 0.3 is 0 Å². The maximum absolute atomic E-state index is 13.2. The van der Waals surface area contributed by atoms with Crippen molar-refractivity contribution in [3.8, 4) is 0 Å². The zero-order chi connectivity index (χ0) is 21.3. The molecule has 1 saturated heterocycles. The average Bonchev–Trinajstić information content (AvgIpc) is 3.23. The van der Waals surface area contributed by atoms with Crippen molar-refractivity contribution in [2.24, 2.45) is 5.92 Å². The smallest absolute Gasteiger partial charge is 0.245 e. The number of benzene rings is 2. The summed E-state index contributed by atoms with van der Waals surface area (Å²) in [7, 11) is -3.80. The van der Waals surface area contributed by atoms with E-state index >= 15 is 0 Å². The van der Waals surface area contributed by atoms with E-state index in [4.69, 9.17) is 0 Å². The van der Waals surface area contributed by atoms with E-state index in [0.29, 0.717) is 41.7 Å². The highest BCUT2D eigenvalue weighted by atomic mass is 32.2. The van der Waals surface area contributed by atoms with E-state index in [1.165, 1.54) is 17.3 Å². The molecule has 8 nitrogen and oxygen atoms in total. The summed E-state index contributed by atoms with van der Waals surface area (Å²) < 4.78 is 36.1. The van der Waals surface area contributed by atoms with Gasteiger partial charge in [0.25, 0.3) is 0 Å². The predicted molar refractivity (Wildman–Crippen MR) is 114 cm³/mol. The maximum Gasteiger partial charge on any atom is 0.245 e. The first-order valence-electron chi connectivity index (χ1n) is 9.49. The largest absolute Gasteiger partial charge is 0.326 e. The molecule has 1 N–H and O–H groups in total. The Labute approximate surface area is 178 Å². The molecule has 2 heterocycles. The topological polar surface area (TPSA) is 109 Å². The number of fused-ring (bicyclic) bond motifs is 1. The molecule has 4 rings (SSSR count). The number of nitrogens with one attached hydrogen (secondary N) is 1. The molecule has 0 radical (unpaired) electrons. The second-order valence-electron chi connectivity index (χ2n) is 7.22. The molecule has 1 aliphatic rings. The molecule has 1 unspecified atom stereocenters. The van der Waals surface area contributed by atoms with Gasteiger partial charge in [-0.25, -0.2) is 8.42 Å². The Bertz CT molecular complexity index is 1220. The highest BCUT2D eigenvalue weighted by molar-refractivity contribution is 7.89. The molecule has 1 atom stereocenters. The third kappa shape index (κ3) is 3.98. The number of rotatable bonds is 5. The fraction of sp³-hybridized carbons (Fsp3) is 0.300. The van der Waals surface area contributed by atoms with Gasteiger partial charge in [0.2, 0.25) is 15.9 Å². The highest BCUT2D eigenvalue weighted by Gasteiger charge is 2.34. The lowest BCUT2D eigenvalue weighted by atomic mass is 9.98. The van der Waals surface area contributed by atoms with Gasteiger partial charge in [0.05, 0.1) is 17.6 Å². The van der Waals surface area contributed by atoms with Crippen LogP contribution in [0.4, 0.5) is 5.69 Å². The predicted octanol–water partition coefficient (Wildman–Crippen LogP) is 2.93. The van der Waals surface area contributed by atoms with Gasteiger partial charge in [-0.1, -0.05) is 18.2 Å². The van der Waals surface area contributed by atoms with Gasteiger partial charge in [0.1, 0.15) is 15.9 Å². The Morgan fingerprint density at radius 2 is 1.97 bits per heavy atom. The average molecular weight is 445 g/mol. The third-order valence-corrected chi connectivity index (χ3v) is 7.60. The number of carbonyl (C=O) groups is 2. The molecule has 0 spiro atoms. The minimum atomic E-state index is -3.80. The molecule has 10 heteroatoms. The van der Waals surface area contributed by atoms with E-state index in [0.717, 1.165) is 11.7 Å². The van der Waals surface area contributed by atoms with E-state index in [-0.39, 0.29) is 23.1 Å². The maximum atomic E-state index is 13.2. The first kappa shape index (κ1) is 20.6. The molecule has 3 aromatic rings. The van der Waals surface area contributed by atoms with E-state index in [1.807, 2.05) is 0 Å². The summed E-state index contributed by atoms with van der Waals surface area (Å²) in [6.07, 6.45) is 1.17. The molecule has 1 amide bonds. The minimum absolute atomic E-state index is 0.0910. The van der Waals surface area contributed by atoms with Crippen LogP contribution in [0.2, 0.25) is 0 Å². The Morgan fingerprint density at radius 3 is 2.77 bits per heavy atom. The zero-order valence-corrected chi connectivity index (χ0v) is 17.9. The van der Waals surface area contributed by atoms with E-state index in [1.54, 1.807) is 36.4 Å². The van der Waals surface area contributed by atoms with Crippen LogP contribution in [-0.2, 0) is 14.8 Å². The van der Waals surface area contributed by atoms with Crippen molar-refractivity contribution >= 4 is 50.2 Å². The molecule has 1 aromatic heterocycles. The van der Waals surface area contributed by atoms with Crippen LogP contribution in [0, 0.1) is 5.92 Å². The van der Waals surface area contributed by atoms with Gasteiger partial charge in [0.15, 0.2) is 5.78 Å². The second kappa shape index (κ2) is 8.21. The van der Waals surface area contributed by atoms with Crippen molar-refractivity contribution in [1.82, 2.24) is 13.1 Å². The molecule has 1 aliphatic heterocycles. The molecule has 1 fully saturated rings. The van der Waals surface area contributed by atoms with Gasteiger partial charge in [-0.3, -0.25) is 9.59 Å². The van der Waals surface area contributed by atoms with Crippen molar-refractivity contribution < 1.29 is 18.0 Å². The van der Waals surface area contributed by atoms with Crippen LogP contribution in [-0.4, -0.2) is 46.3 Å². The number of amides is 1. The first-order valence-corrected chi connectivity index (χ1v) is 11.7. The van der Waals surface area contributed by atoms with Crippen LogP contribution in [0.25, 0.3) is 11.0 Å². The standard InChI is InChI=1S/C20H20N4O4S2/c1-13(25)14-5-2-7-16(11-14)21-20(26)15-6-4-10-24(12-15)30(27,28)18-9-3-8-17-19(18)23-29-22-17/h2-3,5,7-9,11,15H,4,6,10,12H2,1H3,(H,21,26). The number of aromatic nitrogens is 2. The van der Waals surface area contributed by atoms with E-state index in [9.17, 15) is 18.0 Å². The van der Waals surface area contributed by atoms with Crippen LogP contribution in [0.1, 0.15) is 30.1 Å². The highest BCUT2D eigenvalue weighted by Crippen LogP contribution is 2.28. The lowest BCUT2D eigenvalue weighted by Gasteiger charge is -2.31. The number of piperidine rings is 1. The van der Waals surface area contributed by atoms with Gasteiger partial charge in [-0.15, -0.1) is 0 Å². The summed E-state index contributed by atoms with van der Waals surface area (Å²) in [4.78, 5) is 24.5. The molecule has 0 aliphatic carbocycles. The van der Waals surface area contributed by atoms with Gasteiger partial charge in [-0.05, 0) is 44.0 Å². The lowest BCUT2D eigenvalue weighted by Crippen LogP contribution is -2.43.